The lowest BCUT2D eigenvalue weighted by atomic mass is 10.1. The minimum Gasteiger partial charge on any atom is -0.388 e. The molecule has 0 aliphatic heterocycles. The lowest BCUT2D eigenvalue weighted by Crippen LogP contribution is -2.01. The molecule has 0 aliphatic rings. The Kier molecular flexibility index (Phi) is 3.36. The van der Waals surface area contributed by atoms with Crippen molar-refractivity contribution in [3.8, 4) is 0 Å². The van der Waals surface area contributed by atoms with Gasteiger partial charge in [0.15, 0.2) is 0 Å². The number of rotatable bonds is 3. The van der Waals surface area contributed by atoms with Crippen LogP contribution in [0.25, 0.3) is 0 Å². The van der Waals surface area contributed by atoms with E-state index in [1.165, 1.54) is 0 Å². The third-order valence-electron chi connectivity index (χ3n) is 2.14. The first-order valence-corrected chi connectivity index (χ1v) is 5.83. The van der Waals surface area contributed by atoms with Crippen molar-refractivity contribution >= 4 is 22.9 Å². The van der Waals surface area contributed by atoms with Gasteiger partial charge in [0.05, 0.1) is 11.1 Å². The minimum atomic E-state index is -0.556. The van der Waals surface area contributed by atoms with Crippen LogP contribution in [0.4, 0.5) is 0 Å². The van der Waals surface area contributed by atoms with Gasteiger partial charge in [0, 0.05) is 29.3 Å². The lowest BCUT2D eigenvalue weighted by molar-refractivity contribution is 0.179. The van der Waals surface area contributed by atoms with Crippen LogP contribution in [-0.4, -0.2) is 10.1 Å². The van der Waals surface area contributed by atoms with E-state index >= 15 is 0 Å². The third kappa shape index (κ3) is 2.56. The predicted octanol–water partition coefficient (Wildman–Crippen LogP) is 3.07. The van der Waals surface area contributed by atoms with Crippen molar-refractivity contribution in [1.82, 2.24) is 4.98 Å². The molecule has 2 aromatic rings. The van der Waals surface area contributed by atoms with Crippen molar-refractivity contribution in [3.05, 3.63) is 51.4 Å². The molecule has 2 rings (SSSR count). The molecular weight excluding hydrogens is 230 g/mol. The van der Waals surface area contributed by atoms with Crippen LogP contribution >= 0.6 is 22.9 Å². The van der Waals surface area contributed by atoms with Crippen LogP contribution in [0.5, 0.6) is 0 Å². The van der Waals surface area contributed by atoms with Crippen molar-refractivity contribution in [2.75, 3.05) is 0 Å². The van der Waals surface area contributed by atoms with E-state index in [9.17, 15) is 5.11 Å². The average molecular weight is 240 g/mol. The van der Waals surface area contributed by atoms with Gasteiger partial charge in [-0.1, -0.05) is 17.7 Å². The van der Waals surface area contributed by atoms with Crippen molar-refractivity contribution in [3.63, 3.8) is 0 Å². The summed E-state index contributed by atoms with van der Waals surface area (Å²) in [5.74, 6) is 0. The third-order valence-corrected chi connectivity index (χ3v) is 3.35. The number of aliphatic hydroxyl groups is 1. The number of hydrogen-bond donors (Lipinski definition) is 1. The highest BCUT2D eigenvalue weighted by atomic mass is 35.5. The molecule has 0 radical (unpaired) electrons. The molecule has 0 aromatic carbocycles. The summed E-state index contributed by atoms with van der Waals surface area (Å²) in [5.41, 5.74) is 0.736. The SMILES string of the molecule is OC(Cc1cccs1)c1ccncc1Cl. The fourth-order valence-electron chi connectivity index (χ4n) is 1.39. The average Bonchev–Trinajstić information content (AvgIpc) is 2.71. The molecule has 0 fully saturated rings. The van der Waals surface area contributed by atoms with E-state index in [2.05, 4.69) is 4.98 Å². The van der Waals surface area contributed by atoms with Crippen LogP contribution < -0.4 is 0 Å². The second-order valence-electron chi connectivity index (χ2n) is 3.20. The van der Waals surface area contributed by atoms with Crippen molar-refractivity contribution in [2.45, 2.75) is 12.5 Å². The minimum absolute atomic E-state index is 0.515. The molecular formula is C11H10ClNOS. The summed E-state index contributed by atoms with van der Waals surface area (Å²) >= 11 is 7.57. The van der Waals surface area contributed by atoms with Gasteiger partial charge in [-0.15, -0.1) is 11.3 Å². The van der Waals surface area contributed by atoms with Crippen LogP contribution in [0.2, 0.25) is 5.02 Å². The predicted molar refractivity (Wildman–Crippen MR) is 62.2 cm³/mol. The van der Waals surface area contributed by atoms with Gasteiger partial charge < -0.3 is 5.11 Å². The summed E-state index contributed by atoms with van der Waals surface area (Å²) < 4.78 is 0. The molecule has 15 heavy (non-hydrogen) atoms. The summed E-state index contributed by atoms with van der Waals surface area (Å²) in [7, 11) is 0. The molecule has 78 valence electrons. The molecule has 0 aliphatic carbocycles. The molecule has 0 saturated heterocycles. The van der Waals surface area contributed by atoms with Gasteiger partial charge in [0.2, 0.25) is 0 Å². The van der Waals surface area contributed by atoms with E-state index in [0.29, 0.717) is 11.4 Å². The molecule has 2 nitrogen and oxygen atoms in total. The second kappa shape index (κ2) is 4.75. The summed E-state index contributed by atoms with van der Waals surface area (Å²) in [5, 5.41) is 12.5. The molecule has 1 N–H and O–H groups in total. The summed E-state index contributed by atoms with van der Waals surface area (Å²) in [6, 6.07) is 5.73. The Balaban J connectivity index is 2.15. The quantitative estimate of drug-likeness (QED) is 0.893. The number of halogens is 1. The first-order valence-electron chi connectivity index (χ1n) is 4.57. The fourth-order valence-corrected chi connectivity index (χ4v) is 2.37. The van der Waals surface area contributed by atoms with Crippen LogP contribution in [0, 0.1) is 0 Å². The largest absolute Gasteiger partial charge is 0.388 e. The highest BCUT2D eigenvalue weighted by Crippen LogP contribution is 2.25. The Morgan fingerprint density at radius 1 is 1.47 bits per heavy atom. The zero-order chi connectivity index (χ0) is 10.7. The highest BCUT2D eigenvalue weighted by Gasteiger charge is 2.12. The van der Waals surface area contributed by atoms with Gasteiger partial charge in [-0.05, 0) is 17.5 Å². The molecule has 1 atom stereocenters. The Bertz CT molecular complexity index is 430. The molecule has 1 unspecified atom stereocenters. The van der Waals surface area contributed by atoms with E-state index in [-0.39, 0.29) is 0 Å². The van der Waals surface area contributed by atoms with E-state index in [4.69, 9.17) is 11.6 Å². The number of hydrogen-bond acceptors (Lipinski definition) is 3. The summed E-state index contributed by atoms with van der Waals surface area (Å²) in [4.78, 5) is 5.03. The zero-order valence-corrected chi connectivity index (χ0v) is 9.50. The maximum Gasteiger partial charge on any atom is 0.0853 e. The van der Waals surface area contributed by atoms with E-state index in [0.717, 1.165) is 10.4 Å². The van der Waals surface area contributed by atoms with Gasteiger partial charge >= 0.3 is 0 Å². The zero-order valence-electron chi connectivity index (χ0n) is 7.93. The van der Waals surface area contributed by atoms with Gasteiger partial charge in [-0.3, -0.25) is 4.98 Å². The van der Waals surface area contributed by atoms with E-state index in [1.54, 1.807) is 29.8 Å². The van der Waals surface area contributed by atoms with E-state index < -0.39 is 6.10 Å². The normalized spacial score (nSPS) is 12.7. The van der Waals surface area contributed by atoms with E-state index in [1.807, 2.05) is 17.5 Å². The lowest BCUT2D eigenvalue weighted by Gasteiger charge is -2.10. The topological polar surface area (TPSA) is 33.1 Å². The maximum absolute atomic E-state index is 9.97. The number of aliphatic hydroxyl groups excluding tert-OH is 1. The van der Waals surface area contributed by atoms with Crippen LogP contribution in [0.1, 0.15) is 16.5 Å². The molecule has 0 spiro atoms. The van der Waals surface area contributed by atoms with Crippen molar-refractivity contribution < 1.29 is 5.11 Å². The number of nitrogens with zero attached hydrogens (tertiary/aromatic N) is 1. The Labute approximate surface area is 97.2 Å². The van der Waals surface area contributed by atoms with Crippen LogP contribution in [-0.2, 0) is 6.42 Å². The number of thiophene rings is 1. The number of pyridine rings is 1. The van der Waals surface area contributed by atoms with Crippen molar-refractivity contribution in [2.24, 2.45) is 0 Å². The highest BCUT2D eigenvalue weighted by molar-refractivity contribution is 7.09. The standard InChI is InChI=1S/C11H10ClNOS/c12-10-7-13-4-3-9(10)11(14)6-8-2-1-5-15-8/h1-5,7,11,14H,6H2. The van der Waals surface area contributed by atoms with Gasteiger partial charge in [0.25, 0.3) is 0 Å². The molecule has 2 heterocycles. The first-order chi connectivity index (χ1) is 7.27. The molecule has 0 amide bonds. The summed E-state index contributed by atoms with van der Waals surface area (Å²) in [6.07, 6.45) is 3.23. The number of aromatic nitrogens is 1. The Morgan fingerprint density at radius 2 is 2.33 bits per heavy atom. The van der Waals surface area contributed by atoms with Crippen LogP contribution in [0.15, 0.2) is 36.0 Å². The van der Waals surface area contributed by atoms with Gasteiger partial charge in [-0.2, -0.15) is 0 Å². The fraction of sp³-hybridized carbons (Fsp3) is 0.182. The Hall–Kier alpha value is -0.900. The molecule has 0 saturated carbocycles. The smallest absolute Gasteiger partial charge is 0.0853 e. The second-order valence-corrected chi connectivity index (χ2v) is 4.64. The molecule has 4 heteroatoms. The first kappa shape index (κ1) is 10.6. The molecule has 0 bridgehead atoms. The molecule has 2 aromatic heterocycles. The van der Waals surface area contributed by atoms with Gasteiger partial charge in [-0.25, -0.2) is 0 Å². The summed E-state index contributed by atoms with van der Waals surface area (Å²) in [6.45, 7) is 0. The van der Waals surface area contributed by atoms with Crippen LogP contribution in [0.3, 0.4) is 0 Å². The monoisotopic (exact) mass is 239 g/mol. The van der Waals surface area contributed by atoms with Gasteiger partial charge in [0.1, 0.15) is 0 Å². The Morgan fingerprint density at radius 3 is 3.00 bits per heavy atom. The van der Waals surface area contributed by atoms with Crippen molar-refractivity contribution in [1.29, 1.82) is 0 Å². The maximum atomic E-state index is 9.97.